The van der Waals surface area contributed by atoms with Crippen molar-refractivity contribution < 1.29 is 14.2 Å². The average Bonchev–Trinajstić information content (AvgIpc) is 2.72. The van der Waals surface area contributed by atoms with Gasteiger partial charge in [-0.3, -0.25) is 9.36 Å². The Morgan fingerprint density at radius 1 is 0.906 bits per heavy atom. The first-order valence-electron chi connectivity index (χ1n) is 11.2. The maximum Gasteiger partial charge on any atom is 0.335 e. The van der Waals surface area contributed by atoms with Gasteiger partial charge >= 0.3 is 5.69 Å². The molecule has 1 aromatic heterocycles. The third-order valence-corrected chi connectivity index (χ3v) is 6.94. The van der Waals surface area contributed by atoms with Crippen LogP contribution in [0.3, 0.4) is 0 Å². The molecule has 0 N–H and O–H groups in total. The van der Waals surface area contributed by atoms with E-state index >= 15 is 0 Å². The second kappa shape index (κ2) is 12.3. The van der Waals surface area contributed by atoms with Gasteiger partial charge < -0.3 is 14.2 Å². The summed E-state index contributed by atoms with van der Waals surface area (Å²) in [6.07, 6.45) is 0.488. The summed E-state index contributed by atoms with van der Waals surface area (Å²) in [6, 6.07) is 10.9. The number of benzene rings is 1. The molecule has 0 atom stereocenters. The monoisotopic (exact) mass is 462 g/mol. The second-order valence-corrected chi connectivity index (χ2v) is 15.1. The highest BCUT2D eigenvalue weighted by atomic mass is 28.3. The molecule has 1 heterocycles. The van der Waals surface area contributed by atoms with E-state index < -0.39 is 13.8 Å². The number of aromatic nitrogens is 2. The van der Waals surface area contributed by atoms with Gasteiger partial charge in [-0.15, -0.1) is 0 Å². The fourth-order valence-electron chi connectivity index (χ4n) is 3.40. The lowest BCUT2D eigenvalue weighted by Crippen LogP contribution is -2.45. The van der Waals surface area contributed by atoms with Crippen molar-refractivity contribution in [3.8, 4) is 0 Å². The van der Waals surface area contributed by atoms with Crippen LogP contribution in [0.2, 0.25) is 25.7 Å². The van der Waals surface area contributed by atoms with Gasteiger partial charge in [0.05, 0.1) is 13.2 Å². The third-order valence-electron chi connectivity index (χ3n) is 5.23. The summed E-state index contributed by atoms with van der Waals surface area (Å²) in [6.45, 7) is 12.1. The number of rotatable bonds is 13. The highest BCUT2D eigenvalue weighted by Gasteiger charge is 2.22. The molecule has 178 valence electrons. The minimum absolute atomic E-state index is 0.0553. The number of methoxy groups -OCH3 is 1. The summed E-state index contributed by atoms with van der Waals surface area (Å²) in [5.41, 5.74) is 1.67. The molecule has 0 bridgehead atoms. The number of ether oxygens (including phenoxy) is 3. The van der Waals surface area contributed by atoms with Crippen molar-refractivity contribution in [2.45, 2.75) is 65.3 Å². The molecule has 7 nitrogen and oxygen atoms in total. The zero-order chi connectivity index (χ0) is 23.7. The molecule has 32 heavy (non-hydrogen) atoms. The molecule has 0 aliphatic heterocycles. The molecule has 2 aromatic rings. The van der Waals surface area contributed by atoms with Crippen molar-refractivity contribution in [2.24, 2.45) is 0 Å². The minimum Gasteiger partial charge on any atom is -0.382 e. The van der Waals surface area contributed by atoms with Gasteiger partial charge in [0.15, 0.2) is 0 Å². The summed E-state index contributed by atoms with van der Waals surface area (Å²) >= 11 is 0. The van der Waals surface area contributed by atoms with E-state index in [1.807, 2.05) is 44.2 Å². The van der Waals surface area contributed by atoms with E-state index in [4.69, 9.17) is 14.2 Å². The molecular weight excluding hydrogens is 424 g/mol. The fraction of sp³-hybridized carbons (Fsp3) is 0.583. The fourth-order valence-corrected chi connectivity index (χ4v) is 4.16. The SMILES string of the molecule is COCCOCn1c(=O)c(C(C)C)c(Cc2ccccc2)n(COCC[Si](C)(C)C)c1=O. The van der Waals surface area contributed by atoms with Crippen LogP contribution in [0.4, 0.5) is 0 Å². The minimum atomic E-state index is -1.26. The number of nitrogens with zero attached hydrogens (tertiary/aromatic N) is 2. The van der Waals surface area contributed by atoms with Crippen molar-refractivity contribution in [1.82, 2.24) is 9.13 Å². The van der Waals surface area contributed by atoms with Crippen molar-refractivity contribution in [1.29, 1.82) is 0 Å². The van der Waals surface area contributed by atoms with Crippen molar-refractivity contribution >= 4 is 8.07 Å². The summed E-state index contributed by atoms with van der Waals surface area (Å²) in [5.74, 6) is -0.0553. The van der Waals surface area contributed by atoms with Crippen LogP contribution in [-0.4, -0.2) is 44.1 Å². The van der Waals surface area contributed by atoms with Crippen LogP contribution < -0.4 is 11.2 Å². The van der Waals surface area contributed by atoms with Gasteiger partial charge in [-0.25, -0.2) is 9.36 Å². The molecule has 0 saturated carbocycles. The topological polar surface area (TPSA) is 71.7 Å². The van der Waals surface area contributed by atoms with E-state index in [0.29, 0.717) is 37.5 Å². The lowest BCUT2D eigenvalue weighted by molar-refractivity contribution is 0.0269. The number of hydrogen-bond acceptors (Lipinski definition) is 5. The largest absolute Gasteiger partial charge is 0.382 e. The van der Waals surface area contributed by atoms with E-state index in [2.05, 4.69) is 19.6 Å². The van der Waals surface area contributed by atoms with Gasteiger partial charge in [-0.05, 0) is 17.5 Å². The molecule has 0 amide bonds. The van der Waals surface area contributed by atoms with Gasteiger partial charge in [-0.2, -0.15) is 0 Å². The zero-order valence-electron chi connectivity index (χ0n) is 20.3. The number of hydrogen-bond donors (Lipinski definition) is 0. The van der Waals surface area contributed by atoms with Crippen LogP contribution in [0.15, 0.2) is 39.9 Å². The Hall–Kier alpha value is -2.00. The molecule has 8 heteroatoms. The van der Waals surface area contributed by atoms with Crippen LogP contribution >= 0.6 is 0 Å². The van der Waals surface area contributed by atoms with Crippen LogP contribution in [0.25, 0.3) is 0 Å². The standard InChI is InChI=1S/C24H38N2O5Si/c1-19(2)22-21(16-20-10-8-7-9-11-20)25(17-31-14-15-32(4,5)6)24(28)26(23(22)27)18-30-13-12-29-3/h7-11,19H,12-18H2,1-6H3. The Morgan fingerprint density at radius 2 is 1.53 bits per heavy atom. The van der Waals surface area contributed by atoms with Crippen molar-refractivity contribution in [3.63, 3.8) is 0 Å². The molecular formula is C24H38N2O5Si. The summed E-state index contributed by atoms with van der Waals surface area (Å²) < 4.78 is 19.2. The second-order valence-electron chi connectivity index (χ2n) is 9.50. The molecule has 0 radical (unpaired) electrons. The van der Waals surface area contributed by atoms with Crippen molar-refractivity contribution in [3.05, 3.63) is 68.0 Å². The molecule has 0 spiro atoms. The molecule has 0 saturated heterocycles. The molecule has 0 unspecified atom stereocenters. The van der Waals surface area contributed by atoms with Crippen molar-refractivity contribution in [2.75, 3.05) is 26.9 Å². The van der Waals surface area contributed by atoms with Gasteiger partial charge in [-0.1, -0.05) is 63.8 Å². The smallest absolute Gasteiger partial charge is 0.335 e. The Labute approximate surface area is 192 Å². The average molecular weight is 463 g/mol. The highest BCUT2D eigenvalue weighted by Crippen LogP contribution is 2.19. The molecule has 0 aliphatic carbocycles. The predicted octanol–water partition coefficient (Wildman–Crippen LogP) is 3.66. The maximum absolute atomic E-state index is 13.4. The first-order chi connectivity index (χ1) is 15.2. The van der Waals surface area contributed by atoms with E-state index in [9.17, 15) is 9.59 Å². The van der Waals surface area contributed by atoms with E-state index in [1.54, 1.807) is 11.7 Å². The summed E-state index contributed by atoms with van der Waals surface area (Å²) in [4.78, 5) is 26.7. The van der Waals surface area contributed by atoms with Crippen LogP contribution in [0.5, 0.6) is 0 Å². The van der Waals surface area contributed by atoms with Gasteiger partial charge in [0.2, 0.25) is 0 Å². The maximum atomic E-state index is 13.4. The highest BCUT2D eigenvalue weighted by molar-refractivity contribution is 6.76. The van der Waals surface area contributed by atoms with Crippen LogP contribution in [0, 0.1) is 0 Å². The van der Waals surface area contributed by atoms with E-state index in [1.165, 1.54) is 4.57 Å². The molecule has 0 fully saturated rings. The molecule has 1 aromatic carbocycles. The third kappa shape index (κ3) is 7.55. The lowest BCUT2D eigenvalue weighted by Gasteiger charge is -2.22. The van der Waals surface area contributed by atoms with Gasteiger partial charge in [0.25, 0.3) is 5.56 Å². The Morgan fingerprint density at radius 3 is 2.12 bits per heavy atom. The first-order valence-corrected chi connectivity index (χ1v) is 14.9. The van der Waals surface area contributed by atoms with Crippen LogP contribution in [0.1, 0.15) is 36.6 Å². The molecule has 0 aliphatic rings. The Kier molecular flexibility index (Phi) is 10.1. The quantitative estimate of drug-likeness (QED) is 0.336. The van der Waals surface area contributed by atoms with Gasteiger partial charge in [0.1, 0.15) is 13.5 Å². The summed E-state index contributed by atoms with van der Waals surface area (Å²) in [5, 5.41) is 0. The first kappa shape index (κ1) is 26.3. The lowest BCUT2D eigenvalue weighted by atomic mass is 9.98. The Balaban J connectivity index is 2.49. The van der Waals surface area contributed by atoms with E-state index in [0.717, 1.165) is 11.6 Å². The zero-order valence-corrected chi connectivity index (χ0v) is 21.3. The Bertz CT molecular complexity index is 961. The normalized spacial score (nSPS) is 12.0. The van der Waals surface area contributed by atoms with Gasteiger partial charge in [0, 0.05) is 39.5 Å². The van der Waals surface area contributed by atoms with E-state index in [-0.39, 0.29) is 24.9 Å². The predicted molar refractivity (Wildman–Crippen MR) is 130 cm³/mol. The molecule has 2 rings (SSSR count). The summed E-state index contributed by atoms with van der Waals surface area (Å²) in [7, 11) is 0.322. The van der Waals surface area contributed by atoms with Crippen LogP contribution in [-0.2, 0) is 34.1 Å².